The Bertz CT molecular complexity index is 631. The summed E-state index contributed by atoms with van der Waals surface area (Å²) in [6.07, 6.45) is 0. The molecule has 0 atom stereocenters. The second-order valence-electron chi connectivity index (χ2n) is 4.13. The highest BCUT2D eigenvalue weighted by atomic mass is 35.5. The van der Waals surface area contributed by atoms with Crippen LogP contribution in [-0.2, 0) is 0 Å². The average Bonchev–Trinajstić information content (AvgIpc) is 2.53. The van der Waals surface area contributed by atoms with Gasteiger partial charge in [-0.25, -0.2) is 0 Å². The molecular weight excluding hydrogens is 292 g/mol. The van der Waals surface area contributed by atoms with E-state index in [0.717, 1.165) is 5.56 Å². The van der Waals surface area contributed by atoms with Gasteiger partial charge in [0.1, 0.15) is 0 Å². The molecule has 0 N–H and O–H groups in total. The van der Waals surface area contributed by atoms with Crippen LogP contribution in [0.25, 0.3) is 5.57 Å². The molecule has 6 heteroatoms. The molecule has 1 aromatic carbocycles. The monoisotopic (exact) mass is 306 g/mol. The van der Waals surface area contributed by atoms with E-state index in [0.29, 0.717) is 33.7 Å². The Hall–Kier alpha value is -2.27. The lowest BCUT2D eigenvalue weighted by atomic mass is 10.0. The highest BCUT2D eigenvalue weighted by molar-refractivity contribution is 6.29. The normalized spacial score (nSPS) is 10.1. The molecule has 1 heterocycles. The Morgan fingerprint density at radius 2 is 1.62 bits per heavy atom. The van der Waals surface area contributed by atoms with Crippen molar-refractivity contribution in [2.45, 2.75) is 0 Å². The summed E-state index contributed by atoms with van der Waals surface area (Å²) in [5, 5.41) is 8.16. The maximum atomic E-state index is 5.74. The van der Waals surface area contributed by atoms with Crippen LogP contribution in [0.3, 0.4) is 0 Å². The topological polar surface area (TPSA) is 53.5 Å². The highest BCUT2D eigenvalue weighted by Gasteiger charge is 2.15. The van der Waals surface area contributed by atoms with E-state index in [2.05, 4.69) is 16.8 Å². The lowest BCUT2D eigenvalue weighted by Gasteiger charge is -2.14. The second-order valence-corrected chi connectivity index (χ2v) is 4.52. The Kier molecular flexibility index (Phi) is 4.65. The fourth-order valence-corrected chi connectivity index (χ4v) is 1.98. The first-order valence-electron chi connectivity index (χ1n) is 6.09. The zero-order valence-electron chi connectivity index (χ0n) is 12.0. The smallest absolute Gasteiger partial charge is 0.203 e. The Labute approximate surface area is 128 Å². The standard InChI is InChI=1S/C15H15ClN2O3/c1-9(11-5-6-14(16)18-17-11)10-7-12(19-2)15(21-4)13(8-10)20-3/h5-8H,1H2,2-4H3. The van der Waals surface area contributed by atoms with E-state index in [1.54, 1.807) is 45.6 Å². The molecular formula is C15H15ClN2O3. The number of benzene rings is 1. The van der Waals surface area contributed by atoms with Crippen LogP contribution >= 0.6 is 11.6 Å². The summed E-state index contributed by atoms with van der Waals surface area (Å²) < 4.78 is 15.9. The molecule has 0 saturated heterocycles. The van der Waals surface area contributed by atoms with E-state index >= 15 is 0 Å². The summed E-state index contributed by atoms with van der Waals surface area (Å²) in [5.41, 5.74) is 2.09. The molecule has 0 fully saturated rings. The number of halogens is 1. The zero-order chi connectivity index (χ0) is 15.4. The van der Waals surface area contributed by atoms with Crippen molar-refractivity contribution < 1.29 is 14.2 Å². The van der Waals surface area contributed by atoms with Crippen LogP contribution in [0, 0.1) is 0 Å². The third kappa shape index (κ3) is 3.08. The molecule has 0 radical (unpaired) electrons. The van der Waals surface area contributed by atoms with Crippen molar-refractivity contribution in [2.24, 2.45) is 0 Å². The van der Waals surface area contributed by atoms with Gasteiger partial charge in [0.2, 0.25) is 5.75 Å². The minimum atomic E-state index is 0.330. The van der Waals surface area contributed by atoms with E-state index < -0.39 is 0 Å². The third-order valence-electron chi connectivity index (χ3n) is 2.95. The van der Waals surface area contributed by atoms with Gasteiger partial charge in [-0.15, -0.1) is 10.2 Å². The van der Waals surface area contributed by atoms with E-state index in [1.807, 2.05) is 0 Å². The van der Waals surface area contributed by atoms with Crippen molar-refractivity contribution in [3.8, 4) is 17.2 Å². The van der Waals surface area contributed by atoms with Crippen molar-refractivity contribution in [3.63, 3.8) is 0 Å². The SMILES string of the molecule is C=C(c1cc(OC)c(OC)c(OC)c1)c1ccc(Cl)nn1. The van der Waals surface area contributed by atoms with Crippen molar-refractivity contribution >= 4 is 17.2 Å². The lowest BCUT2D eigenvalue weighted by molar-refractivity contribution is 0.324. The molecule has 2 aromatic rings. The van der Waals surface area contributed by atoms with Crippen LogP contribution in [0.4, 0.5) is 0 Å². The number of hydrogen-bond donors (Lipinski definition) is 0. The summed E-state index contributed by atoms with van der Waals surface area (Å²) in [4.78, 5) is 0. The Balaban J connectivity index is 2.48. The average molecular weight is 307 g/mol. The van der Waals surface area contributed by atoms with Crippen molar-refractivity contribution in [3.05, 3.63) is 47.3 Å². The minimum Gasteiger partial charge on any atom is -0.493 e. The number of hydrogen-bond acceptors (Lipinski definition) is 5. The highest BCUT2D eigenvalue weighted by Crippen LogP contribution is 2.40. The molecule has 0 aliphatic carbocycles. The number of rotatable bonds is 5. The van der Waals surface area contributed by atoms with Gasteiger partial charge < -0.3 is 14.2 Å². The summed E-state index contributed by atoms with van der Waals surface area (Å²) in [6.45, 7) is 4.03. The zero-order valence-corrected chi connectivity index (χ0v) is 12.8. The number of ether oxygens (including phenoxy) is 3. The molecule has 110 valence electrons. The first-order chi connectivity index (χ1) is 10.1. The Morgan fingerprint density at radius 3 is 2.05 bits per heavy atom. The molecule has 0 spiro atoms. The quantitative estimate of drug-likeness (QED) is 0.849. The molecule has 0 aliphatic rings. The van der Waals surface area contributed by atoms with E-state index in [9.17, 15) is 0 Å². The number of methoxy groups -OCH3 is 3. The van der Waals surface area contributed by atoms with Crippen LogP contribution in [0.5, 0.6) is 17.2 Å². The number of aromatic nitrogens is 2. The van der Waals surface area contributed by atoms with Gasteiger partial charge in [-0.2, -0.15) is 0 Å². The maximum Gasteiger partial charge on any atom is 0.203 e. The largest absolute Gasteiger partial charge is 0.493 e. The lowest BCUT2D eigenvalue weighted by Crippen LogP contribution is -1.98. The molecule has 2 rings (SSSR count). The molecule has 5 nitrogen and oxygen atoms in total. The van der Waals surface area contributed by atoms with Gasteiger partial charge in [-0.05, 0) is 29.8 Å². The maximum absolute atomic E-state index is 5.74. The predicted molar refractivity (Wildman–Crippen MR) is 81.3 cm³/mol. The van der Waals surface area contributed by atoms with Crippen LogP contribution < -0.4 is 14.2 Å². The summed E-state index contributed by atoms with van der Waals surface area (Å²) >= 11 is 5.74. The van der Waals surface area contributed by atoms with Crippen molar-refractivity contribution in [2.75, 3.05) is 21.3 Å². The molecule has 0 saturated carbocycles. The predicted octanol–water partition coefficient (Wildman–Crippen LogP) is 3.22. The van der Waals surface area contributed by atoms with Crippen molar-refractivity contribution in [1.29, 1.82) is 0 Å². The van der Waals surface area contributed by atoms with E-state index in [4.69, 9.17) is 25.8 Å². The van der Waals surface area contributed by atoms with Crippen molar-refractivity contribution in [1.82, 2.24) is 10.2 Å². The first-order valence-corrected chi connectivity index (χ1v) is 6.47. The van der Waals surface area contributed by atoms with Crippen LogP contribution in [0.15, 0.2) is 30.8 Å². The molecule has 0 unspecified atom stereocenters. The van der Waals surface area contributed by atoms with E-state index in [1.165, 1.54) is 0 Å². The fourth-order valence-electron chi connectivity index (χ4n) is 1.88. The van der Waals surface area contributed by atoms with Crippen LogP contribution in [0.1, 0.15) is 11.3 Å². The fraction of sp³-hybridized carbons (Fsp3) is 0.200. The second kappa shape index (κ2) is 6.45. The van der Waals surface area contributed by atoms with Crippen LogP contribution in [0.2, 0.25) is 5.15 Å². The van der Waals surface area contributed by atoms with Gasteiger partial charge in [0.15, 0.2) is 16.7 Å². The minimum absolute atomic E-state index is 0.330. The van der Waals surface area contributed by atoms with Gasteiger partial charge in [0.05, 0.1) is 27.0 Å². The van der Waals surface area contributed by atoms with E-state index in [-0.39, 0.29) is 0 Å². The molecule has 0 aliphatic heterocycles. The third-order valence-corrected chi connectivity index (χ3v) is 3.16. The number of nitrogens with zero attached hydrogens (tertiary/aromatic N) is 2. The molecule has 0 bridgehead atoms. The Morgan fingerprint density at radius 1 is 1.00 bits per heavy atom. The van der Waals surface area contributed by atoms with Gasteiger partial charge in [0.25, 0.3) is 0 Å². The van der Waals surface area contributed by atoms with Gasteiger partial charge in [0, 0.05) is 5.57 Å². The van der Waals surface area contributed by atoms with Crippen LogP contribution in [-0.4, -0.2) is 31.5 Å². The molecule has 21 heavy (non-hydrogen) atoms. The van der Waals surface area contributed by atoms with Gasteiger partial charge in [-0.3, -0.25) is 0 Å². The molecule has 0 amide bonds. The summed E-state index contributed by atoms with van der Waals surface area (Å²) in [6, 6.07) is 7.02. The molecule has 1 aromatic heterocycles. The summed E-state index contributed by atoms with van der Waals surface area (Å²) in [7, 11) is 4.68. The van der Waals surface area contributed by atoms with Gasteiger partial charge >= 0.3 is 0 Å². The summed E-state index contributed by atoms with van der Waals surface area (Å²) in [5.74, 6) is 1.63. The first kappa shape index (κ1) is 15.1. The van der Waals surface area contributed by atoms with Gasteiger partial charge in [-0.1, -0.05) is 18.2 Å².